The van der Waals surface area contributed by atoms with E-state index in [0.29, 0.717) is 6.42 Å². The second kappa shape index (κ2) is 9.87. The van der Waals surface area contributed by atoms with E-state index in [1.165, 1.54) is 11.1 Å². The van der Waals surface area contributed by atoms with E-state index in [-0.39, 0.29) is 5.91 Å². The standard InChI is InChI=1S/C23H29N3O3/c27-23(6-8-26-9-12-28-13-10-26)25-21-3-1-2-18(15-21)16-24-17-19-4-5-22-20(14-19)7-11-29-22/h1-5,14-15,24H,6-13,16-17H2,(H,25,27). The summed E-state index contributed by atoms with van der Waals surface area (Å²) in [6.45, 7) is 6.47. The van der Waals surface area contributed by atoms with E-state index in [9.17, 15) is 4.79 Å². The minimum Gasteiger partial charge on any atom is -0.493 e. The van der Waals surface area contributed by atoms with Gasteiger partial charge in [-0.25, -0.2) is 0 Å². The lowest BCUT2D eigenvalue weighted by Gasteiger charge is -2.26. The fraction of sp³-hybridized carbons (Fsp3) is 0.435. The normalized spacial score (nSPS) is 16.3. The van der Waals surface area contributed by atoms with Crippen molar-refractivity contribution in [2.24, 2.45) is 0 Å². The van der Waals surface area contributed by atoms with Crippen LogP contribution in [-0.2, 0) is 29.0 Å². The van der Waals surface area contributed by atoms with E-state index < -0.39 is 0 Å². The van der Waals surface area contributed by atoms with Crippen LogP contribution in [0.4, 0.5) is 5.69 Å². The highest BCUT2D eigenvalue weighted by Gasteiger charge is 2.13. The van der Waals surface area contributed by atoms with Crippen molar-refractivity contribution in [2.45, 2.75) is 25.9 Å². The van der Waals surface area contributed by atoms with Crippen LogP contribution in [0.25, 0.3) is 0 Å². The SMILES string of the molecule is O=C(CCN1CCOCC1)Nc1cccc(CNCc2ccc3c(c2)CCO3)c1. The number of carbonyl (C=O) groups excluding carboxylic acids is 1. The number of nitrogens with one attached hydrogen (secondary N) is 2. The Bertz CT molecular complexity index is 834. The van der Waals surface area contributed by atoms with Gasteiger partial charge in [0.2, 0.25) is 5.91 Å². The highest BCUT2D eigenvalue weighted by atomic mass is 16.5. The number of rotatable bonds is 8. The first-order valence-corrected chi connectivity index (χ1v) is 10.4. The van der Waals surface area contributed by atoms with E-state index in [2.05, 4.69) is 39.8 Å². The quantitative estimate of drug-likeness (QED) is 0.719. The number of fused-ring (bicyclic) bond motifs is 1. The van der Waals surface area contributed by atoms with E-state index in [1.807, 2.05) is 18.2 Å². The molecule has 1 saturated heterocycles. The number of carbonyl (C=O) groups is 1. The van der Waals surface area contributed by atoms with Crippen molar-refractivity contribution in [1.29, 1.82) is 0 Å². The minimum atomic E-state index is 0.0574. The number of nitrogens with zero attached hydrogens (tertiary/aromatic N) is 1. The Balaban J connectivity index is 1.22. The molecule has 4 rings (SSSR count). The third-order valence-electron chi connectivity index (χ3n) is 5.38. The number of anilines is 1. The van der Waals surface area contributed by atoms with Gasteiger partial charge in [-0.1, -0.05) is 24.3 Å². The van der Waals surface area contributed by atoms with E-state index in [4.69, 9.17) is 9.47 Å². The highest BCUT2D eigenvalue weighted by Crippen LogP contribution is 2.25. The van der Waals surface area contributed by atoms with Crippen LogP contribution >= 0.6 is 0 Å². The first kappa shape index (κ1) is 19.9. The summed E-state index contributed by atoms with van der Waals surface area (Å²) in [5, 5.41) is 6.51. The van der Waals surface area contributed by atoms with Crippen LogP contribution in [0, 0.1) is 0 Å². The van der Waals surface area contributed by atoms with Gasteiger partial charge in [-0.2, -0.15) is 0 Å². The van der Waals surface area contributed by atoms with Gasteiger partial charge in [-0.3, -0.25) is 9.69 Å². The molecule has 2 aliphatic rings. The Kier molecular flexibility index (Phi) is 6.77. The second-order valence-corrected chi connectivity index (χ2v) is 7.60. The molecule has 154 valence electrons. The van der Waals surface area contributed by atoms with Crippen molar-refractivity contribution in [3.8, 4) is 5.75 Å². The molecule has 6 heteroatoms. The molecule has 0 radical (unpaired) electrons. The van der Waals surface area contributed by atoms with Crippen molar-refractivity contribution in [1.82, 2.24) is 10.2 Å². The summed E-state index contributed by atoms with van der Waals surface area (Å²) in [7, 11) is 0. The Morgan fingerprint density at radius 1 is 1.00 bits per heavy atom. The average molecular weight is 396 g/mol. The maximum Gasteiger partial charge on any atom is 0.225 e. The first-order chi connectivity index (χ1) is 14.3. The smallest absolute Gasteiger partial charge is 0.225 e. The zero-order valence-electron chi connectivity index (χ0n) is 16.8. The number of hydrogen-bond acceptors (Lipinski definition) is 5. The van der Waals surface area contributed by atoms with Crippen LogP contribution in [-0.4, -0.2) is 50.3 Å². The molecule has 0 atom stereocenters. The number of morpholine rings is 1. The Morgan fingerprint density at radius 3 is 2.69 bits per heavy atom. The zero-order chi connectivity index (χ0) is 19.9. The summed E-state index contributed by atoms with van der Waals surface area (Å²) >= 11 is 0. The molecule has 0 saturated carbocycles. The predicted octanol–water partition coefficient (Wildman–Crippen LogP) is 2.57. The second-order valence-electron chi connectivity index (χ2n) is 7.60. The zero-order valence-corrected chi connectivity index (χ0v) is 16.8. The molecule has 0 unspecified atom stereocenters. The summed E-state index contributed by atoms with van der Waals surface area (Å²) < 4.78 is 10.9. The fourth-order valence-corrected chi connectivity index (χ4v) is 3.77. The molecule has 0 aromatic heterocycles. The number of ether oxygens (including phenoxy) is 2. The van der Waals surface area contributed by atoms with Gasteiger partial charge < -0.3 is 20.1 Å². The molecule has 2 aromatic rings. The van der Waals surface area contributed by atoms with Gasteiger partial charge >= 0.3 is 0 Å². The number of benzene rings is 2. The maximum absolute atomic E-state index is 12.3. The lowest BCUT2D eigenvalue weighted by molar-refractivity contribution is -0.116. The average Bonchev–Trinajstić information content (AvgIpc) is 3.21. The van der Waals surface area contributed by atoms with Crippen LogP contribution in [0.2, 0.25) is 0 Å². The summed E-state index contributed by atoms with van der Waals surface area (Å²) in [4.78, 5) is 14.5. The van der Waals surface area contributed by atoms with Gasteiger partial charge in [0.15, 0.2) is 0 Å². The van der Waals surface area contributed by atoms with Crippen LogP contribution in [0.3, 0.4) is 0 Å². The molecule has 2 N–H and O–H groups in total. The fourth-order valence-electron chi connectivity index (χ4n) is 3.77. The topological polar surface area (TPSA) is 62.8 Å². The number of amides is 1. The van der Waals surface area contributed by atoms with Gasteiger partial charge in [-0.05, 0) is 34.9 Å². The molecule has 0 spiro atoms. The van der Waals surface area contributed by atoms with Crippen molar-refractivity contribution in [3.05, 3.63) is 59.2 Å². The summed E-state index contributed by atoms with van der Waals surface area (Å²) in [5.41, 5.74) is 4.57. The van der Waals surface area contributed by atoms with Gasteiger partial charge in [0.1, 0.15) is 5.75 Å². The molecule has 2 heterocycles. The predicted molar refractivity (Wildman–Crippen MR) is 113 cm³/mol. The molecule has 2 aliphatic heterocycles. The molecular formula is C23H29N3O3. The molecule has 29 heavy (non-hydrogen) atoms. The van der Waals surface area contributed by atoms with Gasteiger partial charge in [0, 0.05) is 51.3 Å². The molecule has 0 aliphatic carbocycles. The van der Waals surface area contributed by atoms with E-state index in [1.54, 1.807) is 0 Å². The largest absolute Gasteiger partial charge is 0.493 e. The van der Waals surface area contributed by atoms with Gasteiger partial charge in [0.05, 0.1) is 19.8 Å². The van der Waals surface area contributed by atoms with Crippen LogP contribution in [0.1, 0.15) is 23.1 Å². The van der Waals surface area contributed by atoms with Crippen LogP contribution in [0.5, 0.6) is 5.75 Å². The number of hydrogen-bond donors (Lipinski definition) is 2. The molecule has 1 fully saturated rings. The van der Waals surface area contributed by atoms with Crippen molar-refractivity contribution in [2.75, 3.05) is 44.8 Å². The van der Waals surface area contributed by atoms with E-state index >= 15 is 0 Å². The Labute approximate surface area is 172 Å². The van der Waals surface area contributed by atoms with Crippen molar-refractivity contribution in [3.63, 3.8) is 0 Å². The molecule has 1 amide bonds. The first-order valence-electron chi connectivity index (χ1n) is 10.4. The Hall–Kier alpha value is -2.41. The van der Waals surface area contributed by atoms with Crippen LogP contribution < -0.4 is 15.4 Å². The van der Waals surface area contributed by atoms with Gasteiger partial charge in [-0.15, -0.1) is 0 Å². The minimum absolute atomic E-state index is 0.0574. The van der Waals surface area contributed by atoms with Crippen molar-refractivity contribution >= 4 is 11.6 Å². The lowest BCUT2D eigenvalue weighted by Crippen LogP contribution is -2.38. The summed E-state index contributed by atoms with van der Waals surface area (Å²) in [6.07, 6.45) is 1.50. The third-order valence-corrected chi connectivity index (χ3v) is 5.38. The van der Waals surface area contributed by atoms with E-state index in [0.717, 1.165) is 76.0 Å². The summed E-state index contributed by atoms with van der Waals surface area (Å²) in [6, 6.07) is 14.4. The monoisotopic (exact) mass is 395 g/mol. The van der Waals surface area contributed by atoms with Crippen molar-refractivity contribution < 1.29 is 14.3 Å². The molecule has 2 aromatic carbocycles. The maximum atomic E-state index is 12.3. The highest BCUT2D eigenvalue weighted by molar-refractivity contribution is 5.90. The van der Waals surface area contributed by atoms with Gasteiger partial charge in [0.25, 0.3) is 0 Å². The third kappa shape index (κ3) is 5.79. The van der Waals surface area contributed by atoms with Crippen LogP contribution in [0.15, 0.2) is 42.5 Å². The Morgan fingerprint density at radius 2 is 1.83 bits per heavy atom. The molecule has 6 nitrogen and oxygen atoms in total. The molecular weight excluding hydrogens is 366 g/mol. The lowest BCUT2D eigenvalue weighted by atomic mass is 10.1. The molecule has 0 bridgehead atoms. The summed E-state index contributed by atoms with van der Waals surface area (Å²) in [5.74, 6) is 1.08.